The van der Waals surface area contributed by atoms with E-state index in [1.165, 1.54) is 38.5 Å². The van der Waals surface area contributed by atoms with Crippen LogP contribution in [0.2, 0.25) is 0 Å². The third kappa shape index (κ3) is 5.64. The number of rotatable bonds is 8. The Balaban J connectivity index is 2.21. The SMILES string of the molecule is CCCCCCCCC(N)c1ncccc1Br. The molecule has 0 bridgehead atoms. The summed E-state index contributed by atoms with van der Waals surface area (Å²) >= 11 is 3.50. The number of pyridine rings is 1. The van der Waals surface area contributed by atoms with Crippen molar-refractivity contribution < 1.29 is 0 Å². The van der Waals surface area contributed by atoms with E-state index in [0.29, 0.717) is 0 Å². The Kier molecular flexibility index (Phi) is 7.45. The van der Waals surface area contributed by atoms with Crippen molar-refractivity contribution in [2.24, 2.45) is 5.73 Å². The van der Waals surface area contributed by atoms with Crippen molar-refractivity contribution in [2.75, 3.05) is 0 Å². The van der Waals surface area contributed by atoms with E-state index in [1.807, 2.05) is 12.1 Å². The number of nitrogens with two attached hydrogens (primary N) is 1. The highest BCUT2D eigenvalue weighted by molar-refractivity contribution is 9.10. The molecule has 0 saturated heterocycles. The lowest BCUT2D eigenvalue weighted by Gasteiger charge is -2.12. The number of hydrogen-bond donors (Lipinski definition) is 1. The van der Waals surface area contributed by atoms with E-state index < -0.39 is 0 Å². The molecule has 96 valence electrons. The molecule has 0 spiro atoms. The van der Waals surface area contributed by atoms with Crippen molar-refractivity contribution >= 4 is 15.9 Å². The van der Waals surface area contributed by atoms with Crippen molar-refractivity contribution in [1.29, 1.82) is 0 Å². The van der Waals surface area contributed by atoms with Crippen LogP contribution in [-0.4, -0.2) is 4.98 Å². The molecule has 0 radical (unpaired) electrons. The highest BCUT2D eigenvalue weighted by Crippen LogP contribution is 2.23. The molecule has 3 heteroatoms. The maximum Gasteiger partial charge on any atom is 0.0712 e. The Bertz CT molecular complexity index is 315. The van der Waals surface area contributed by atoms with E-state index in [-0.39, 0.29) is 6.04 Å². The number of halogens is 1. The molecular weight excluding hydrogens is 276 g/mol. The first-order valence-corrected chi connectivity index (χ1v) is 7.41. The molecule has 1 aromatic heterocycles. The molecule has 0 aliphatic heterocycles. The van der Waals surface area contributed by atoms with Gasteiger partial charge in [0.2, 0.25) is 0 Å². The maximum absolute atomic E-state index is 6.14. The van der Waals surface area contributed by atoms with Gasteiger partial charge in [0.15, 0.2) is 0 Å². The Labute approximate surface area is 113 Å². The van der Waals surface area contributed by atoms with E-state index in [1.54, 1.807) is 6.20 Å². The van der Waals surface area contributed by atoms with Crippen LogP contribution in [0.1, 0.15) is 63.6 Å². The zero-order valence-electron chi connectivity index (χ0n) is 10.7. The first kappa shape index (κ1) is 14.7. The first-order valence-electron chi connectivity index (χ1n) is 6.61. The quantitative estimate of drug-likeness (QED) is 0.713. The van der Waals surface area contributed by atoms with Gasteiger partial charge in [0.25, 0.3) is 0 Å². The van der Waals surface area contributed by atoms with Crippen LogP contribution in [0.5, 0.6) is 0 Å². The van der Waals surface area contributed by atoms with Gasteiger partial charge in [-0.25, -0.2) is 0 Å². The predicted molar refractivity (Wildman–Crippen MR) is 76.9 cm³/mol. The summed E-state index contributed by atoms with van der Waals surface area (Å²) in [6, 6.07) is 3.99. The van der Waals surface area contributed by atoms with Gasteiger partial charge in [-0.3, -0.25) is 4.98 Å². The summed E-state index contributed by atoms with van der Waals surface area (Å²) in [6.07, 6.45) is 10.7. The van der Waals surface area contributed by atoms with Crippen molar-refractivity contribution in [1.82, 2.24) is 4.98 Å². The summed E-state index contributed by atoms with van der Waals surface area (Å²) in [7, 11) is 0. The molecule has 2 nitrogen and oxygen atoms in total. The molecule has 0 fully saturated rings. The fraction of sp³-hybridized carbons (Fsp3) is 0.643. The second-order valence-electron chi connectivity index (χ2n) is 4.53. The molecule has 0 aromatic carbocycles. The van der Waals surface area contributed by atoms with Crippen molar-refractivity contribution in [2.45, 2.75) is 57.9 Å². The Morgan fingerprint density at radius 3 is 2.65 bits per heavy atom. The fourth-order valence-corrected chi connectivity index (χ4v) is 2.50. The minimum Gasteiger partial charge on any atom is -0.323 e. The van der Waals surface area contributed by atoms with Crippen LogP contribution in [0.15, 0.2) is 22.8 Å². The molecule has 0 amide bonds. The molecule has 2 N–H and O–H groups in total. The smallest absolute Gasteiger partial charge is 0.0712 e. The minimum absolute atomic E-state index is 0.0664. The first-order chi connectivity index (χ1) is 8.25. The molecular formula is C14H23BrN2. The zero-order chi connectivity index (χ0) is 12.5. The van der Waals surface area contributed by atoms with Crippen LogP contribution in [0.25, 0.3) is 0 Å². The highest BCUT2D eigenvalue weighted by Gasteiger charge is 2.10. The van der Waals surface area contributed by atoms with Gasteiger partial charge in [-0.05, 0) is 34.5 Å². The summed E-state index contributed by atoms with van der Waals surface area (Å²) in [5.41, 5.74) is 7.13. The lowest BCUT2D eigenvalue weighted by atomic mass is 10.0. The number of nitrogens with zero attached hydrogens (tertiary/aromatic N) is 1. The standard InChI is InChI=1S/C14H23BrN2/c1-2-3-4-5-6-7-10-13(16)14-12(15)9-8-11-17-14/h8-9,11,13H,2-7,10,16H2,1H3. The molecule has 1 rings (SSSR count). The normalized spacial score (nSPS) is 12.6. The van der Waals surface area contributed by atoms with Gasteiger partial charge in [0.05, 0.1) is 5.69 Å². The van der Waals surface area contributed by atoms with E-state index in [2.05, 4.69) is 27.8 Å². The Morgan fingerprint density at radius 1 is 1.24 bits per heavy atom. The third-order valence-electron chi connectivity index (χ3n) is 3.01. The minimum atomic E-state index is 0.0664. The summed E-state index contributed by atoms with van der Waals surface area (Å²) in [5, 5.41) is 0. The summed E-state index contributed by atoms with van der Waals surface area (Å²) in [6.45, 7) is 2.24. The molecule has 1 aromatic rings. The molecule has 1 unspecified atom stereocenters. The Morgan fingerprint density at radius 2 is 1.94 bits per heavy atom. The average molecular weight is 299 g/mol. The second-order valence-corrected chi connectivity index (χ2v) is 5.39. The fourth-order valence-electron chi connectivity index (χ4n) is 1.95. The van der Waals surface area contributed by atoms with Crippen LogP contribution in [-0.2, 0) is 0 Å². The van der Waals surface area contributed by atoms with Gasteiger partial charge in [0.1, 0.15) is 0 Å². The van der Waals surface area contributed by atoms with Gasteiger partial charge < -0.3 is 5.73 Å². The third-order valence-corrected chi connectivity index (χ3v) is 3.68. The van der Waals surface area contributed by atoms with E-state index in [9.17, 15) is 0 Å². The van der Waals surface area contributed by atoms with Crippen LogP contribution in [0.3, 0.4) is 0 Å². The lowest BCUT2D eigenvalue weighted by Crippen LogP contribution is -2.12. The van der Waals surface area contributed by atoms with Crippen LogP contribution in [0.4, 0.5) is 0 Å². The largest absolute Gasteiger partial charge is 0.323 e. The van der Waals surface area contributed by atoms with Gasteiger partial charge >= 0.3 is 0 Å². The second kappa shape index (κ2) is 8.65. The van der Waals surface area contributed by atoms with E-state index in [0.717, 1.165) is 16.6 Å². The lowest BCUT2D eigenvalue weighted by molar-refractivity contribution is 0.540. The number of aromatic nitrogens is 1. The molecule has 0 aliphatic rings. The van der Waals surface area contributed by atoms with Crippen LogP contribution in [0, 0.1) is 0 Å². The molecule has 0 saturated carbocycles. The zero-order valence-corrected chi connectivity index (χ0v) is 12.2. The van der Waals surface area contributed by atoms with E-state index >= 15 is 0 Å². The highest BCUT2D eigenvalue weighted by atomic mass is 79.9. The summed E-state index contributed by atoms with van der Waals surface area (Å²) < 4.78 is 1.03. The average Bonchev–Trinajstić information content (AvgIpc) is 2.34. The number of unbranched alkanes of at least 4 members (excludes halogenated alkanes) is 5. The van der Waals surface area contributed by atoms with Crippen LogP contribution >= 0.6 is 15.9 Å². The topological polar surface area (TPSA) is 38.9 Å². The number of hydrogen-bond acceptors (Lipinski definition) is 2. The molecule has 1 atom stereocenters. The van der Waals surface area contributed by atoms with E-state index in [4.69, 9.17) is 5.73 Å². The van der Waals surface area contributed by atoms with Gasteiger partial charge in [-0.2, -0.15) is 0 Å². The van der Waals surface area contributed by atoms with Crippen molar-refractivity contribution in [3.05, 3.63) is 28.5 Å². The monoisotopic (exact) mass is 298 g/mol. The van der Waals surface area contributed by atoms with Crippen LogP contribution < -0.4 is 5.73 Å². The summed E-state index contributed by atoms with van der Waals surface area (Å²) in [4.78, 5) is 4.33. The molecule has 17 heavy (non-hydrogen) atoms. The Hall–Kier alpha value is -0.410. The molecule has 0 aliphatic carbocycles. The van der Waals surface area contributed by atoms with Crippen molar-refractivity contribution in [3.63, 3.8) is 0 Å². The van der Waals surface area contributed by atoms with Crippen molar-refractivity contribution in [3.8, 4) is 0 Å². The van der Waals surface area contributed by atoms with Gasteiger partial charge in [-0.1, -0.05) is 45.4 Å². The summed E-state index contributed by atoms with van der Waals surface area (Å²) in [5.74, 6) is 0. The van der Waals surface area contributed by atoms with Gasteiger partial charge in [0, 0.05) is 16.7 Å². The molecule has 1 heterocycles. The predicted octanol–water partition coefficient (Wildman–Crippen LogP) is 4.59. The van der Waals surface area contributed by atoms with Gasteiger partial charge in [-0.15, -0.1) is 0 Å². The maximum atomic E-state index is 6.14.